The number of amides is 1. The van der Waals surface area contributed by atoms with Crippen molar-refractivity contribution in [2.45, 2.75) is 26.2 Å². The predicted octanol–water partition coefficient (Wildman–Crippen LogP) is 1.72. The number of likely N-dealkylation sites (tertiary alicyclic amines) is 1. The van der Waals surface area contributed by atoms with Gasteiger partial charge in [-0.15, -0.1) is 0 Å². The Hall–Kier alpha value is -2.18. The van der Waals surface area contributed by atoms with Gasteiger partial charge >= 0.3 is 0 Å². The fraction of sp³-hybridized carbons (Fsp3) is 0.538. The van der Waals surface area contributed by atoms with Gasteiger partial charge in [-0.1, -0.05) is 0 Å². The van der Waals surface area contributed by atoms with Gasteiger partial charge in [-0.3, -0.25) is 14.9 Å². The lowest BCUT2D eigenvalue weighted by Gasteiger charge is -2.15. The van der Waals surface area contributed by atoms with E-state index in [1.165, 1.54) is 12.3 Å². The first-order valence-corrected chi connectivity index (χ1v) is 6.70. The van der Waals surface area contributed by atoms with Crippen molar-refractivity contribution in [1.82, 2.24) is 9.88 Å². The molecule has 7 heteroatoms. The van der Waals surface area contributed by atoms with Gasteiger partial charge in [-0.05, 0) is 25.3 Å². The standard InChI is InChI=1S/C13H18N4O3/c1-10-8-11(17(19)20)9-15-13(10)14-5-4-12(18)16-6-2-3-7-16/h8-9H,2-7H2,1H3,(H,14,15). The van der Waals surface area contributed by atoms with Crippen molar-refractivity contribution in [3.05, 3.63) is 27.9 Å². The van der Waals surface area contributed by atoms with Gasteiger partial charge in [0.15, 0.2) is 0 Å². The number of hydrogen-bond donors (Lipinski definition) is 1. The van der Waals surface area contributed by atoms with E-state index in [0.29, 0.717) is 24.3 Å². The van der Waals surface area contributed by atoms with Crippen LogP contribution in [0.5, 0.6) is 0 Å². The van der Waals surface area contributed by atoms with Gasteiger partial charge in [-0.2, -0.15) is 0 Å². The van der Waals surface area contributed by atoms with Crippen LogP contribution < -0.4 is 5.32 Å². The van der Waals surface area contributed by atoms with E-state index >= 15 is 0 Å². The van der Waals surface area contributed by atoms with Crippen molar-refractivity contribution in [1.29, 1.82) is 0 Å². The Bertz CT molecular complexity index is 512. The maximum atomic E-state index is 11.8. The third kappa shape index (κ3) is 3.43. The summed E-state index contributed by atoms with van der Waals surface area (Å²) >= 11 is 0. The normalized spacial score (nSPS) is 14.3. The molecule has 1 aliphatic rings. The number of aryl methyl sites for hydroxylation is 1. The van der Waals surface area contributed by atoms with Gasteiger partial charge in [0.25, 0.3) is 5.69 Å². The molecule has 1 N–H and O–H groups in total. The second kappa shape index (κ2) is 6.31. The van der Waals surface area contributed by atoms with Crippen LogP contribution in [-0.2, 0) is 4.79 Å². The van der Waals surface area contributed by atoms with Crippen LogP contribution >= 0.6 is 0 Å². The van der Waals surface area contributed by atoms with Gasteiger partial charge in [-0.25, -0.2) is 4.98 Å². The molecule has 7 nitrogen and oxygen atoms in total. The van der Waals surface area contributed by atoms with Gasteiger partial charge in [0.2, 0.25) is 5.91 Å². The van der Waals surface area contributed by atoms with Crippen LogP contribution in [0.4, 0.5) is 11.5 Å². The molecule has 1 aromatic rings. The van der Waals surface area contributed by atoms with E-state index in [0.717, 1.165) is 25.9 Å². The van der Waals surface area contributed by atoms with Crippen molar-refractivity contribution in [3.8, 4) is 0 Å². The Balaban J connectivity index is 1.84. The fourth-order valence-electron chi connectivity index (χ4n) is 2.26. The zero-order valence-corrected chi connectivity index (χ0v) is 11.5. The summed E-state index contributed by atoms with van der Waals surface area (Å²) in [6, 6.07) is 1.47. The SMILES string of the molecule is Cc1cc([N+](=O)[O-])cnc1NCCC(=O)N1CCCC1. The number of rotatable bonds is 5. The minimum Gasteiger partial charge on any atom is -0.369 e. The molecular weight excluding hydrogens is 260 g/mol. The first kappa shape index (κ1) is 14.2. The smallest absolute Gasteiger partial charge is 0.287 e. The molecule has 1 fully saturated rings. The third-order valence-electron chi connectivity index (χ3n) is 3.36. The van der Waals surface area contributed by atoms with E-state index in [1.54, 1.807) is 6.92 Å². The molecule has 20 heavy (non-hydrogen) atoms. The number of aromatic nitrogens is 1. The first-order valence-electron chi connectivity index (χ1n) is 6.70. The summed E-state index contributed by atoms with van der Waals surface area (Å²) in [5.74, 6) is 0.736. The van der Waals surface area contributed by atoms with Crippen LogP contribution in [0.3, 0.4) is 0 Å². The third-order valence-corrected chi connectivity index (χ3v) is 3.36. The second-order valence-electron chi connectivity index (χ2n) is 4.88. The predicted molar refractivity (Wildman–Crippen MR) is 74.5 cm³/mol. The summed E-state index contributed by atoms with van der Waals surface area (Å²) in [5, 5.41) is 13.7. The van der Waals surface area contributed by atoms with E-state index in [2.05, 4.69) is 10.3 Å². The minimum absolute atomic E-state index is 0.0267. The number of anilines is 1. The molecule has 0 unspecified atom stereocenters. The molecule has 0 aromatic carbocycles. The van der Waals surface area contributed by atoms with E-state index < -0.39 is 4.92 Å². The average molecular weight is 278 g/mol. The zero-order valence-electron chi connectivity index (χ0n) is 11.5. The second-order valence-corrected chi connectivity index (χ2v) is 4.88. The number of carbonyl (C=O) groups is 1. The highest BCUT2D eigenvalue weighted by molar-refractivity contribution is 5.77. The summed E-state index contributed by atoms with van der Waals surface area (Å²) in [6.07, 6.45) is 3.81. The largest absolute Gasteiger partial charge is 0.369 e. The molecule has 0 spiro atoms. The van der Waals surface area contributed by atoms with Crippen molar-refractivity contribution < 1.29 is 9.72 Å². The van der Waals surface area contributed by atoms with Gasteiger partial charge in [0.05, 0.1) is 4.92 Å². The van der Waals surface area contributed by atoms with Crippen LogP contribution in [0.2, 0.25) is 0 Å². The van der Waals surface area contributed by atoms with E-state index in [-0.39, 0.29) is 11.6 Å². The molecule has 2 heterocycles. The summed E-state index contributed by atoms with van der Waals surface area (Å²) in [7, 11) is 0. The Kier molecular flexibility index (Phi) is 4.49. The Morgan fingerprint density at radius 3 is 2.80 bits per heavy atom. The molecular formula is C13H18N4O3. The molecule has 2 rings (SSSR count). The first-order chi connectivity index (χ1) is 9.58. The molecule has 0 aliphatic carbocycles. The van der Waals surface area contributed by atoms with Crippen molar-refractivity contribution in [3.63, 3.8) is 0 Å². The van der Waals surface area contributed by atoms with E-state index in [4.69, 9.17) is 0 Å². The highest BCUT2D eigenvalue weighted by Crippen LogP contribution is 2.18. The van der Waals surface area contributed by atoms with Gasteiger partial charge < -0.3 is 10.2 Å². The molecule has 0 radical (unpaired) electrons. The number of hydrogen-bond acceptors (Lipinski definition) is 5. The van der Waals surface area contributed by atoms with Gasteiger partial charge in [0, 0.05) is 32.1 Å². The average Bonchev–Trinajstić information content (AvgIpc) is 2.94. The van der Waals surface area contributed by atoms with E-state index in [9.17, 15) is 14.9 Å². The van der Waals surface area contributed by atoms with Crippen LogP contribution in [0.1, 0.15) is 24.8 Å². The molecule has 1 aromatic heterocycles. The topological polar surface area (TPSA) is 88.4 Å². The number of pyridine rings is 1. The molecule has 108 valence electrons. The molecule has 1 amide bonds. The summed E-state index contributed by atoms with van der Waals surface area (Å²) < 4.78 is 0. The van der Waals surface area contributed by atoms with Crippen LogP contribution in [0, 0.1) is 17.0 Å². The number of nitrogens with zero attached hydrogens (tertiary/aromatic N) is 3. The highest BCUT2D eigenvalue weighted by atomic mass is 16.6. The van der Waals surface area contributed by atoms with E-state index in [1.807, 2.05) is 4.90 Å². The summed E-state index contributed by atoms with van der Waals surface area (Å²) in [4.78, 5) is 27.9. The summed E-state index contributed by atoms with van der Waals surface area (Å²) in [6.45, 7) is 3.95. The number of nitrogens with one attached hydrogen (secondary N) is 1. The molecule has 0 atom stereocenters. The summed E-state index contributed by atoms with van der Waals surface area (Å²) in [5.41, 5.74) is 0.675. The maximum Gasteiger partial charge on any atom is 0.287 e. The quantitative estimate of drug-likeness (QED) is 0.654. The molecule has 0 bridgehead atoms. The van der Waals surface area contributed by atoms with Crippen molar-refractivity contribution in [2.24, 2.45) is 0 Å². The molecule has 1 saturated heterocycles. The number of nitro groups is 1. The molecule has 0 saturated carbocycles. The Morgan fingerprint density at radius 2 is 2.20 bits per heavy atom. The van der Waals surface area contributed by atoms with Crippen LogP contribution in [-0.4, -0.2) is 40.3 Å². The lowest BCUT2D eigenvalue weighted by molar-refractivity contribution is -0.385. The Labute approximate surface area is 117 Å². The highest BCUT2D eigenvalue weighted by Gasteiger charge is 2.17. The van der Waals surface area contributed by atoms with Gasteiger partial charge in [0.1, 0.15) is 12.0 Å². The fourth-order valence-corrected chi connectivity index (χ4v) is 2.26. The minimum atomic E-state index is -0.472. The zero-order chi connectivity index (χ0) is 14.5. The van der Waals surface area contributed by atoms with Crippen molar-refractivity contribution >= 4 is 17.4 Å². The monoisotopic (exact) mass is 278 g/mol. The lowest BCUT2D eigenvalue weighted by atomic mass is 10.2. The maximum absolute atomic E-state index is 11.8. The molecule has 1 aliphatic heterocycles. The van der Waals surface area contributed by atoms with Crippen LogP contribution in [0.15, 0.2) is 12.3 Å². The lowest BCUT2D eigenvalue weighted by Crippen LogP contribution is -2.29. The van der Waals surface area contributed by atoms with Crippen molar-refractivity contribution in [2.75, 3.05) is 25.0 Å². The van der Waals surface area contributed by atoms with Crippen LogP contribution in [0.25, 0.3) is 0 Å². The number of carbonyl (C=O) groups excluding carboxylic acids is 1. The Morgan fingerprint density at radius 1 is 1.50 bits per heavy atom.